The summed E-state index contributed by atoms with van der Waals surface area (Å²) in [5.74, 6) is 0. The van der Waals surface area contributed by atoms with Crippen molar-refractivity contribution in [3.8, 4) is 6.07 Å². The van der Waals surface area contributed by atoms with E-state index in [0.717, 1.165) is 0 Å². The molecule has 2 rings (SSSR count). The van der Waals surface area contributed by atoms with Crippen molar-refractivity contribution in [3.05, 3.63) is 35.9 Å². The van der Waals surface area contributed by atoms with Crippen LogP contribution in [0, 0.1) is 11.3 Å². The molecular formula is C14H17NO6. The topological polar surface area (TPSA) is 123 Å². The molecule has 1 heterocycles. The lowest BCUT2D eigenvalue weighted by Crippen LogP contribution is -2.59. The average molecular weight is 295 g/mol. The van der Waals surface area contributed by atoms with E-state index in [2.05, 4.69) is 0 Å². The Labute approximate surface area is 121 Å². The Bertz CT molecular complexity index is 488. The fourth-order valence-corrected chi connectivity index (χ4v) is 2.13. The van der Waals surface area contributed by atoms with Crippen molar-refractivity contribution in [2.24, 2.45) is 0 Å². The van der Waals surface area contributed by atoms with Gasteiger partial charge in [0.15, 0.2) is 12.4 Å². The molecular weight excluding hydrogens is 278 g/mol. The molecule has 0 amide bonds. The van der Waals surface area contributed by atoms with Crippen LogP contribution in [-0.4, -0.2) is 57.7 Å². The van der Waals surface area contributed by atoms with E-state index < -0.39 is 43.4 Å². The normalized spacial score (nSPS) is 34.1. The molecule has 7 nitrogen and oxygen atoms in total. The zero-order valence-corrected chi connectivity index (χ0v) is 11.1. The van der Waals surface area contributed by atoms with E-state index in [9.17, 15) is 15.3 Å². The number of aliphatic hydroxyl groups is 4. The monoisotopic (exact) mass is 295 g/mol. The number of nitrogens with zero attached hydrogens (tertiary/aromatic N) is 1. The van der Waals surface area contributed by atoms with Crippen LogP contribution < -0.4 is 0 Å². The summed E-state index contributed by atoms with van der Waals surface area (Å²) in [5, 5.41) is 47.5. The average Bonchev–Trinajstić information content (AvgIpc) is 2.53. The zero-order valence-electron chi connectivity index (χ0n) is 11.1. The van der Waals surface area contributed by atoms with Crippen molar-refractivity contribution < 1.29 is 29.9 Å². The van der Waals surface area contributed by atoms with Gasteiger partial charge in [0, 0.05) is 0 Å². The Morgan fingerprint density at radius 3 is 2.38 bits per heavy atom. The summed E-state index contributed by atoms with van der Waals surface area (Å²) in [5.41, 5.74) is 0.567. The third-order valence-corrected chi connectivity index (χ3v) is 3.34. The quantitative estimate of drug-likeness (QED) is 0.565. The largest absolute Gasteiger partial charge is 0.394 e. The fraction of sp³-hybridized carbons (Fsp3) is 0.500. The van der Waals surface area contributed by atoms with E-state index in [1.807, 2.05) is 6.07 Å². The Hall–Kier alpha value is -1.53. The van der Waals surface area contributed by atoms with Gasteiger partial charge in [0.2, 0.25) is 0 Å². The molecule has 0 spiro atoms. The molecule has 21 heavy (non-hydrogen) atoms. The Morgan fingerprint density at radius 1 is 1.14 bits per heavy atom. The molecule has 1 aromatic rings. The van der Waals surface area contributed by atoms with Gasteiger partial charge in [-0.2, -0.15) is 5.26 Å². The minimum Gasteiger partial charge on any atom is -0.394 e. The molecule has 0 radical (unpaired) electrons. The first kappa shape index (κ1) is 15.9. The van der Waals surface area contributed by atoms with Crippen LogP contribution in [0.5, 0.6) is 0 Å². The van der Waals surface area contributed by atoms with Gasteiger partial charge in [-0.15, -0.1) is 0 Å². The summed E-state index contributed by atoms with van der Waals surface area (Å²) in [6.07, 6.45) is -7.91. The van der Waals surface area contributed by atoms with Crippen molar-refractivity contribution in [1.82, 2.24) is 0 Å². The lowest BCUT2D eigenvalue weighted by atomic mass is 9.99. The van der Waals surface area contributed by atoms with E-state index in [1.54, 1.807) is 30.3 Å². The second-order valence-electron chi connectivity index (χ2n) is 4.75. The molecule has 1 fully saturated rings. The van der Waals surface area contributed by atoms with Crippen molar-refractivity contribution >= 4 is 0 Å². The van der Waals surface area contributed by atoms with E-state index in [1.165, 1.54) is 0 Å². The smallest absolute Gasteiger partial charge is 0.188 e. The van der Waals surface area contributed by atoms with Crippen LogP contribution in [0.3, 0.4) is 0 Å². The predicted octanol–water partition coefficient (Wildman–Crippen LogP) is -0.932. The van der Waals surface area contributed by atoms with Crippen LogP contribution in [-0.2, 0) is 9.47 Å². The van der Waals surface area contributed by atoms with Crippen LogP contribution in [0.25, 0.3) is 0 Å². The van der Waals surface area contributed by atoms with Gasteiger partial charge in [0.25, 0.3) is 0 Å². The van der Waals surface area contributed by atoms with Crippen molar-refractivity contribution in [1.29, 1.82) is 5.26 Å². The molecule has 1 aliphatic rings. The van der Waals surface area contributed by atoms with Crippen molar-refractivity contribution in [2.45, 2.75) is 36.8 Å². The summed E-state index contributed by atoms with van der Waals surface area (Å²) in [7, 11) is 0. The minimum absolute atomic E-state index is 0.548. The molecule has 0 aromatic heterocycles. The number of hydrogen-bond donors (Lipinski definition) is 4. The van der Waals surface area contributed by atoms with Crippen LogP contribution in [0.2, 0.25) is 0 Å². The van der Waals surface area contributed by atoms with Gasteiger partial charge >= 0.3 is 0 Å². The van der Waals surface area contributed by atoms with Gasteiger partial charge in [0.05, 0.1) is 12.7 Å². The molecule has 6 atom stereocenters. The van der Waals surface area contributed by atoms with Gasteiger partial charge in [0.1, 0.15) is 24.4 Å². The molecule has 4 N–H and O–H groups in total. The Morgan fingerprint density at radius 2 is 1.81 bits per heavy atom. The maximum absolute atomic E-state index is 9.86. The molecule has 0 saturated carbocycles. The van der Waals surface area contributed by atoms with Gasteiger partial charge in [-0.1, -0.05) is 30.3 Å². The van der Waals surface area contributed by atoms with Gasteiger partial charge in [-0.25, -0.2) is 0 Å². The number of hydrogen-bond acceptors (Lipinski definition) is 7. The lowest BCUT2D eigenvalue weighted by molar-refractivity contribution is -0.307. The highest BCUT2D eigenvalue weighted by atomic mass is 16.7. The van der Waals surface area contributed by atoms with E-state index in [4.69, 9.17) is 19.8 Å². The number of benzene rings is 1. The highest BCUT2D eigenvalue weighted by Gasteiger charge is 2.44. The van der Waals surface area contributed by atoms with E-state index in [0.29, 0.717) is 5.56 Å². The van der Waals surface area contributed by atoms with Gasteiger partial charge in [-0.05, 0) is 5.56 Å². The summed E-state index contributed by atoms with van der Waals surface area (Å²) >= 11 is 0. The Balaban J connectivity index is 2.12. The summed E-state index contributed by atoms with van der Waals surface area (Å²) in [6, 6.07) is 10.5. The molecule has 1 aliphatic heterocycles. The van der Waals surface area contributed by atoms with Gasteiger partial charge < -0.3 is 29.9 Å². The first-order valence-electron chi connectivity index (χ1n) is 6.49. The standard InChI is InChI=1S/C14H17NO6/c15-6-9(8-4-2-1-3-5-8)20-14-13(19)12(18)11(17)10(7-16)21-14/h1-5,9-14,16-19H,7H2/t9-,10+,11+,12-,13-,14-/m0/s1. The summed E-state index contributed by atoms with van der Waals surface area (Å²) in [4.78, 5) is 0. The highest BCUT2D eigenvalue weighted by molar-refractivity contribution is 5.22. The number of aliphatic hydroxyl groups excluding tert-OH is 4. The number of rotatable bonds is 4. The minimum atomic E-state index is -1.53. The van der Waals surface area contributed by atoms with Crippen LogP contribution >= 0.6 is 0 Å². The third-order valence-electron chi connectivity index (χ3n) is 3.34. The second kappa shape index (κ2) is 6.95. The molecule has 1 aromatic carbocycles. The first-order valence-corrected chi connectivity index (χ1v) is 6.49. The van der Waals surface area contributed by atoms with Gasteiger partial charge in [-0.3, -0.25) is 0 Å². The SMILES string of the molecule is N#C[C@H](O[C@H]1O[C@H](CO)[C@@H](O)[C@H](O)[C@@H]1O)c1ccccc1. The molecule has 1 saturated heterocycles. The fourth-order valence-electron chi connectivity index (χ4n) is 2.13. The molecule has 114 valence electrons. The highest BCUT2D eigenvalue weighted by Crippen LogP contribution is 2.27. The van der Waals surface area contributed by atoms with Crippen LogP contribution in [0.4, 0.5) is 0 Å². The first-order chi connectivity index (χ1) is 10.1. The molecule has 0 aliphatic carbocycles. The third kappa shape index (κ3) is 3.39. The van der Waals surface area contributed by atoms with E-state index >= 15 is 0 Å². The molecule has 0 unspecified atom stereocenters. The summed E-state index contributed by atoms with van der Waals surface area (Å²) < 4.78 is 10.6. The van der Waals surface area contributed by atoms with E-state index in [-0.39, 0.29) is 0 Å². The number of ether oxygens (including phenoxy) is 2. The molecule has 0 bridgehead atoms. The second-order valence-corrected chi connectivity index (χ2v) is 4.75. The maximum atomic E-state index is 9.86. The number of nitriles is 1. The van der Waals surface area contributed by atoms with Crippen molar-refractivity contribution in [2.75, 3.05) is 6.61 Å². The van der Waals surface area contributed by atoms with Crippen LogP contribution in [0.1, 0.15) is 11.7 Å². The lowest BCUT2D eigenvalue weighted by Gasteiger charge is -2.40. The predicted molar refractivity (Wildman–Crippen MR) is 69.6 cm³/mol. The molecule has 7 heteroatoms. The summed E-state index contributed by atoms with van der Waals surface area (Å²) in [6.45, 7) is -0.548. The Kier molecular flexibility index (Phi) is 5.25. The van der Waals surface area contributed by atoms with Crippen molar-refractivity contribution in [3.63, 3.8) is 0 Å². The zero-order chi connectivity index (χ0) is 15.4. The maximum Gasteiger partial charge on any atom is 0.188 e. The van der Waals surface area contributed by atoms with Crippen LogP contribution in [0.15, 0.2) is 30.3 Å².